The van der Waals surface area contributed by atoms with Gasteiger partial charge in [-0.15, -0.1) is 0 Å². The highest BCUT2D eigenvalue weighted by atomic mass is 16.1. The van der Waals surface area contributed by atoms with Crippen LogP contribution in [-0.4, -0.2) is 10.9 Å². The number of carbonyl (C=O) groups is 1. The van der Waals surface area contributed by atoms with Gasteiger partial charge in [-0.3, -0.25) is 9.78 Å². The largest absolute Gasteiger partial charge is 0.380 e. The number of amides is 1. The van der Waals surface area contributed by atoms with E-state index in [1.54, 1.807) is 18.5 Å². The molecular weight excluding hydrogens is 298 g/mol. The molecule has 24 heavy (non-hydrogen) atoms. The summed E-state index contributed by atoms with van der Waals surface area (Å²) in [6.45, 7) is 2.68. The number of nitrogens with zero attached hydrogens (tertiary/aromatic N) is 1. The molecule has 2 aromatic carbocycles. The summed E-state index contributed by atoms with van der Waals surface area (Å²) in [6, 6.07) is 19.6. The molecule has 4 nitrogen and oxygen atoms in total. The van der Waals surface area contributed by atoms with E-state index in [2.05, 4.69) is 27.8 Å². The molecule has 4 heteroatoms. The number of aromatic nitrogens is 1. The molecule has 0 saturated carbocycles. The van der Waals surface area contributed by atoms with Crippen molar-refractivity contribution in [2.24, 2.45) is 0 Å². The number of rotatable bonds is 5. The first-order valence-corrected chi connectivity index (χ1v) is 7.81. The molecule has 3 rings (SSSR count). The van der Waals surface area contributed by atoms with Crippen molar-refractivity contribution < 1.29 is 4.79 Å². The van der Waals surface area contributed by atoms with Crippen molar-refractivity contribution in [1.82, 2.24) is 4.98 Å². The third-order valence-electron chi connectivity index (χ3n) is 3.62. The van der Waals surface area contributed by atoms with E-state index >= 15 is 0 Å². The maximum Gasteiger partial charge on any atom is 0.257 e. The van der Waals surface area contributed by atoms with Gasteiger partial charge in [-0.1, -0.05) is 42.5 Å². The van der Waals surface area contributed by atoms with E-state index in [4.69, 9.17) is 0 Å². The number of anilines is 2. The molecule has 1 amide bonds. The summed E-state index contributed by atoms with van der Waals surface area (Å²) in [6.07, 6.45) is 3.28. The van der Waals surface area contributed by atoms with Gasteiger partial charge in [-0.05, 0) is 36.2 Å². The molecular formula is C20H19N3O. The minimum Gasteiger partial charge on any atom is -0.380 e. The summed E-state index contributed by atoms with van der Waals surface area (Å²) in [5.41, 5.74) is 4.39. The Hall–Kier alpha value is -3.14. The van der Waals surface area contributed by atoms with E-state index in [9.17, 15) is 4.79 Å². The third-order valence-corrected chi connectivity index (χ3v) is 3.62. The maximum absolute atomic E-state index is 12.4. The molecule has 1 aromatic heterocycles. The van der Waals surface area contributed by atoms with Crippen LogP contribution < -0.4 is 10.6 Å². The highest BCUT2D eigenvalue weighted by Crippen LogP contribution is 2.14. The molecule has 0 aliphatic carbocycles. The molecule has 1 heterocycles. The van der Waals surface area contributed by atoms with Gasteiger partial charge in [0, 0.05) is 24.6 Å². The highest BCUT2D eigenvalue weighted by Gasteiger charge is 2.07. The third kappa shape index (κ3) is 4.20. The van der Waals surface area contributed by atoms with Gasteiger partial charge >= 0.3 is 0 Å². The second-order valence-corrected chi connectivity index (χ2v) is 5.63. The fourth-order valence-electron chi connectivity index (χ4n) is 2.39. The first-order valence-electron chi connectivity index (χ1n) is 7.81. The minimum absolute atomic E-state index is 0.170. The lowest BCUT2D eigenvalue weighted by molar-refractivity contribution is 0.102. The van der Waals surface area contributed by atoms with Gasteiger partial charge in [0.15, 0.2) is 0 Å². The lowest BCUT2D eigenvalue weighted by Crippen LogP contribution is -2.13. The molecule has 0 spiro atoms. The molecule has 0 fully saturated rings. The Bertz CT molecular complexity index is 831. The predicted octanol–water partition coefficient (Wildman–Crippen LogP) is 4.25. The molecule has 120 valence electrons. The summed E-state index contributed by atoms with van der Waals surface area (Å²) in [7, 11) is 0. The fourth-order valence-corrected chi connectivity index (χ4v) is 2.39. The average Bonchev–Trinajstić information content (AvgIpc) is 2.61. The minimum atomic E-state index is -0.170. The van der Waals surface area contributed by atoms with Crippen LogP contribution >= 0.6 is 0 Å². The van der Waals surface area contributed by atoms with Crippen molar-refractivity contribution in [3.05, 3.63) is 89.7 Å². The zero-order valence-corrected chi connectivity index (χ0v) is 13.5. The van der Waals surface area contributed by atoms with E-state index in [1.807, 2.05) is 49.4 Å². The molecule has 0 saturated heterocycles. The first-order chi connectivity index (χ1) is 11.7. The number of aryl methyl sites for hydroxylation is 1. The molecule has 2 N–H and O–H groups in total. The number of hydrogen-bond donors (Lipinski definition) is 2. The Balaban J connectivity index is 1.67. The number of carbonyl (C=O) groups excluding carboxylic acids is 1. The van der Waals surface area contributed by atoms with Crippen LogP contribution in [0.2, 0.25) is 0 Å². The molecule has 0 bridgehead atoms. The Morgan fingerprint density at radius 1 is 0.958 bits per heavy atom. The molecule has 0 atom stereocenters. The Kier molecular flexibility index (Phi) is 4.87. The van der Waals surface area contributed by atoms with E-state index in [1.165, 1.54) is 5.56 Å². The van der Waals surface area contributed by atoms with E-state index in [0.717, 1.165) is 16.9 Å². The zero-order chi connectivity index (χ0) is 16.8. The monoisotopic (exact) mass is 317 g/mol. The van der Waals surface area contributed by atoms with Gasteiger partial charge in [0.05, 0.1) is 11.3 Å². The average molecular weight is 317 g/mol. The predicted molar refractivity (Wildman–Crippen MR) is 97.1 cm³/mol. The van der Waals surface area contributed by atoms with Crippen LogP contribution in [0.3, 0.4) is 0 Å². The van der Waals surface area contributed by atoms with Gasteiger partial charge < -0.3 is 10.6 Å². The number of hydrogen-bond acceptors (Lipinski definition) is 3. The van der Waals surface area contributed by atoms with Gasteiger partial charge in [0.25, 0.3) is 5.91 Å². The van der Waals surface area contributed by atoms with Gasteiger partial charge in [0.2, 0.25) is 0 Å². The van der Waals surface area contributed by atoms with Crippen LogP contribution in [0.15, 0.2) is 73.1 Å². The summed E-state index contributed by atoms with van der Waals surface area (Å²) in [5, 5.41) is 6.18. The summed E-state index contributed by atoms with van der Waals surface area (Å²) < 4.78 is 0. The molecule has 0 unspecified atom stereocenters. The molecule has 0 aliphatic rings. The second kappa shape index (κ2) is 7.42. The lowest BCUT2D eigenvalue weighted by Gasteiger charge is -2.09. The number of nitrogens with one attached hydrogen (secondary N) is 2. The Morgan fingerprint density at radius 2 is 1.79 bits per heavy atom. The van der Waals surface area contributed by atoms with Crippen LogP contribution in [0.1, 0.15) is 21.5 Å². The number of benzene rings is 2. The van der Waals surface area contributed by atoms with Crippen molar-refractivity contribution in [2.75, 3.05) is 10.6 Å². The first kappa shape index (κ1) is 15.7. The number of pyridine rings is 1. The standard InChI is InChI=1S/C20H19N3O/c1-15-6-5-9-18(10-15)23-20(24)17-11-19(14-21-13-17)22-12-16-7-3-2-4-8-16/h2-11,13-14,22H,12H2,1H3,(H,23,24). The molecule has 0 aliphatic heterocycles. The Labute approximate surface area is 141 Å². The molecule has 0 radical (unpaired) electrons. The van der Waals surface area contributed by atoms with Crippen LogP contribution in [0.5, 0.6) is 0 Å². The van der Waals surface area contributed by atoms with Crippen LogP contribution in [0.25, 0.3) is 0 Å². The highest BCUT2D eigenvalue weighted by molar-refractivity contribution is 6.04. The summed E-state index contributed by atoms with van der Waals surface area (Å²) in [5.74, 6) is -0.170. The smallest absolute Gasteiger partial charge is 0.257 e. The quantitative estimate of drug-likeness (QED) is 0.739. The normalized spacial score (nSPS) is 10.2. The van der Waals surface area contributed by atoms with Crippen molar-refractivity contribution >= 4 is 17.3 Å². The van der Waals surface area contributed by atoms with Crippen molar-refractivity contribution in [3.8, 4) is 0 Å². The zero-order valence-electron chi connectivity index (χ0n) is 13.5. The van der Waals surface area contributed by atoms with Crippen molar-refractivity contribution in [3.63, 3.8) is 0 Å². The SMILES string of the molecule is Cc1cccc(NC(=O)c2cncc(NCc3ccccc3)c2)c1. The van der Waals surface area contributed by atoms with Crippen molar-refractivity contribution in [2.45, 2.75) is 13.5 Å². The summed E-state index contributed by atoms with van der Waals surface area (Å²) in [4.78, 5) is 16.5. The van der Waals surface area contributed by atoms with E-state index in [-0.39, 0.29) is 5.91 Å². The lowest BCUT2D eigenvalue weighted by atomic mass is 10.2. The van der Waals surface area contributed by atoms with Crippen LogP contribution in [-0.2, 0) is 6.54 Å². The topological polar surface area (TPSA) is 54.0 Å². The van der Waals surface area contributed by atoms with E-state index in [0.29, 0.717) is 12.1 Å². The second-order valence-electron chi connectivity index (χ2n) is 5.63. The van der Waals surface area contributed by atoms with Gasteiger partial charge in [-0.2, -0.15) is 0 Å². The van der Waals surface area contributed by atoms with Crippen LogP contribution in [0, 0.1) is 6.92 Å². The fraction of sp³-hybridized carbons (Fsp3) is 0.100. The Morgan fingerprint density at radius 3 is 2.58 bits per heavy atom. The van der Waals surface area contributed by atoms with Gasteiger partial charge in [-0.25, -0.2) is 0 Å². The maximum atomic E-state index is 12.4. The summed E-state index contributed by atoms with van der Waals surface area (Å²) >= 11 is 0. The van der Waals surface area contributed by atoms with Crippen molar-refractivity contribution in [1.29, 1.82) is 0 Å². The van der Waals surface area contributed by atoms with E-state index < -0.39 is 0 Å². The molecule has 3 aromatic rings. The van der Waals surface area contributed by atoms with Crippen LogP contribution in [0.4, 0.5) is 11.4 Å². The van der Waals surface area contributed by atoms with Gasteiger partial charge in [0.1, 0.15) is 0 Å².